The van der Waals surface area contributed by atoms with Crippen molar-refractivity contribution >= 4 is 28.9 Å². The minimum absolute atomic E-state index is 0.387. The summed E-state index contributed by atoms with van der Waals surface area (Å²) in [5, 5.41) is 11.6. The molecule has 0 radical (unpaired) electrons. The number of hydrogen-bond donors (Lipinski definition) is 1. The Hall–Kier alpha value is -0.580. The standard InChI is InChI=1S/C11H16Cl2N4/c1-14-7-8-4-2-3-5-17(8)9-6-10(12)15-16-11(9)13/h6,8,14H,2-5,7H2,1H3. The molecule has 0 spiro atoms. The molecule has 1 aliphatic heterocycles. The lowest BCUT2D eigenvalue weighted by atomic mass is 10.0. The monoisotopic (exact) mass is 274 g/mol. The molecule has 0 amide bonds. The van der Waals surface area contributed by atoms with Crippen LogP contribution in [0, 0.1) is 0 Å². The van der Waals surface area contributed by atoms with E-state index in [1.54, 1.807) is 6.07 Å². The van der Waals surface area contributed by atoms with Gasteiger partial charge in [-0.3, -0.25) is 0 Å². The third-order valence-electron chi connectivity index (χ3n) is 3.08. The summed E-state index contributed by atoms with van der Waals surface area (Å²) in [6.45, 7) is 1.93. The van der Waals surface area contributed by atoms with Gasteiger partial charge in [0.25, 0.3) is 0 Å². The van der Waals surface area contributed by atoms with Gasteiger partial charge in [0.15, 0.2) is 10.3 Å². The molecule has 1 aliphatic rings. The van der Waals surface area contributed by atoms with Gasteiger partial charge in [0, 0.05) is 25.2 Å². The van der Waals surface area contributed by atoms with Crippen molar-refractivity contribution in [1.82, 2.24) is 15.5 Å². The summed E-state index contributed by atoms with van der Waals surface area (Å²) in [7, 11) is 1.96. The van der Waals surface area contributed by atoms with Crippen LogP contribution in [0.5, 0.6) is 0 Å². The molecule has 0 aliphatic carbocycles. The minimum Gasteiger partial charge on any atom is -0.365 e. The van der Waals surface area contributed by atoms with E-state index in [0.717, 1.165) is 25.2 Å². The maximum Gasteiger partial charge on any atom is 0.175 e. The number of halogens is 2. The van der Waals surface area contributed by atoms with Gasteiger partial charge in [-0.05, 0) is 26.3 Å². The molecule has 2 heterocycles. The van der Waals surface area contributed by atoms with Crippen molar-refractivity contribution < 1.29 is 0 Å². The van der Waals surface area contributed by atoms with Gasteiger partial charge in [-0.1, -0.05) is 23.2 Å². The molecule has 2 rings (SSSR count). The number of piperidine rings is 1. The molecule has 1 fully saturated rings. The van der Waals surface area contributed by atoms with Gasteiger partial charge < -0.3 is 10.2 Å². The summed E-state index contributed by atoms with van der Waals surface area (Å²) in [4.78, 5) is 2.28. The largest absolute Gasteiger partial charge is 0.365 e. The zero-order valence-corrected chi connectivity index (χ0v) is 11.3. The molecule has 1 unspecified atom stereocenters. The Balaban J connectivity index is 2.25. The molecular formula is C11H16Cl2N4. The van der Waals surface area contributed by atoms with E-state index in [2.05, 4.69) is 20.4 Å². The predicted molar refractivity (Wildman–Crippen MR) is 71.0 cm³/mol. The van der Waals surface area contributed by atoms with Crippen molar-refractivity contribution in [1.29, 1.82) is 0 Å². The number of aromatic nitrogens is 2. The third-order valence-corrected chi connectivity index (χ3v) is 3.53. The maximum absolute atomic E-state index is 6.10. The van der Waals surface area contributed by atoms with E-state index in [1.807, 2.05) is 7.05 Å². The lowest BCUT2D eigenvalue weighted by Gasteiger charge is -2.37. The molecule has 4 nitrogen and oxygen atoms in total. The second kappa shape index (κ2) is 5.85. The summed E-state index contributed by atoms with van der Waals surface area (Å²) in [6.07, 6.45) is 3.60. The van der Waals surface area contributed by atoms with Gasteiger partial charge in [0.1, 0.15) is 0 Å². The molecule has 0 bridgehead atoms. The predicted octanol–water partition coefficient (Wildman–Crippen LogP) is 2.36. The van der Waals surface area contributed by atoms with Crippen LogP contribution in [0.3, 0.4) is 0 Å². The van der Waals surface area contributed by atoms with Gasteiger partial charge in [0.2, 0.25) is 0 Å². The Labute approximate surface area is 111 Å². The molecule has 1 aromatic rings. The van der Waals surface area contributed by atoms with Crippen LogP contribution in [0.15, 0.2) is 6.07 Å². The van der Waals surface area contributed by atoms with E-state index < -0.39 is 0 Å². The number of nitrogens with zero attached hydrogens (tertiary/aromatic N) is 3. The lowest BCUT2D eigenvalue weighted by molar-refractivity contribution is 0.446. The maximum atomic E-state index is 6.10. The van der Waals surface area contributed by atoms with Crippen molar-refractivity contribution in [2.24, 2.45) is 0 Å². The van der Waals surface area contributed by atoms with Gasteiger partial charge in [-0.2, -0.15) is 0 Å². The number of nitrogens with one attached hydrogen (secondary N) is 1. The molecule has 6 heteroatoms. The summed E-state index contributed by atoms with van der Waals surface area (Å²) in [6, 6.07) is 2.25. The highest BCUT2D eigenvalue weighted by molar-refractivity contribution is 6.33. The Bertz CT molecular complexity index is 384. The second-order valence-corrected chi connectivity index (χ2v) is 4.99. The van der Waals surface area contributed by atoms with Crippen LogP contribution in [0.25, 0.3) is 0 Å². The molecule has 1 atom stereocenters. The van der Waals surface area contributed by atoms with E-state index in [4.69, 9.17) is 23.2 Å². The van der Waals surface area contributed by atoms with E-state index in [0.29, 0.717) is 16.3 Å². The zero-order chi connectivity index (χ0) is 12.3. The molecule has 0 saturated carbocycles. The minimum atomic E-state index is 0.387. The first kappa shape index (κ1) is 12.9. The van der Waals surface area contributed by atoms with Crippen LogP contribution in [-0.2, 0) is 0 Å². The molecule has 1 N–H and O–H groups in total. The lowest BCUT2D eigenvalue weighted by Crippen LogP contribution is -2.45. The van der Waals surface area contributed by atoms with Crippen LogP contribution in [-0.4, -0.2) is 36.4 Å². The number of likely N-dealkylation sites (N-methyl/N-ethyl adjacent to an activating group) is 1. The van der Waals surface area contributed by atoms with Gasteiger partial charge in [-0.15, -0.1) is 10.2 Å². The van der Waals surface area contributed by atoms with Crippen molar-refractivity contribution in [3.05, 3.63) is 16.4 Å². The van der Waals surface area contributed by atoms with E-state index in [9.17, 15) is 0 Å². The van der Waals surface area contributed by atoms with Crippen molar-refractivity contribution in [2.45, 2.75) is 25.3 Å². The third kappa shape index (κ3) is 3.00. The smallest absolute Gasteiger partial charge is 0.175 e. The van der Waals surface area contributed by atoms with E-state index in [-0.39, 0.29) is 0 Å². The van der Waals surface area contributed by atoms with Gasteiger partial charge in [0.05, 0.1) is 5.69 Å². The first-order valence-corrected chi connectivity index (χ1v) is 6.58. The Morgan fingerprint density at radius 2 is 2.24 bits per heavy atom. The van der Waals surface area contributed by atoms with Crippen molar-refractivity contribution in [2.75, 3.05) is 25.0 Å². The topological polar surface area (TPSA) is 41.0 Å². The average molecular weight is 275 g/mol. The summed E-state index contributed by atoms with van der Waals surface area (Å²) in [5.74, 6) is 0. The fourth-order valence-corrected chi connectivity index (χ4v) is 2.65. The van der Waals surface area contributed by atoms with Crippen molar-refractivity contribution in [3.8, 4) is 0 Å². The normalized spacial score (nSPS) is 20.6. The highest BCUT2D eigenvalue weighted by atomic mass is 35.5. The molecule has 0 aromatic carbocycles. The fraction of sp³-hybridized carbons (Fsp3) is 0.636. The van der Waals surface area contributed by atoms with Crippen LogP contribution in [0.1, 0.15) is 19.3 Å². The van der Waals surface area contributed by atoms with E-state index in [1.165, 1.54) is 12.8 Å². The molecular weight excluding hydrogens is 259 g/mol. The Morgan fingerprint density at radius 3 is 3.00 bits per heavy atom. The van der Waals surface area contributed by atoms with Gasteiger partial charge >= 0.3 is 0 Å². The van der Waals surface area contributed by atoms with Crippen LogP contribution in [0.4, 0.5) is 5.69 Å². The molecule has 94 valence electrons. The quantitative estimate of drug-likeness (QED) is 0.919. The summed E-state index contributed by atoms with van der Waals surface area (Å²) in [5.41, 5.74) is 0.895. The van der Waals surface area contributed by atoms with Crippen LogP contribution in [0.2, 0.25) is 10.3 Å². The average Bonchev–Trinajstić information content (AvgIpc) is 2.34. The Morgan fingerprint density at radius 1 is 1.41 bits per heavy atom. The van der Waals surface area contributed by atoms with Crippen LogP contribution >= 0.6 is 23.2 Å². The number of anilines is 1. The van der Waals surface area contributed by atoms with Crippen LogP contribution < -0.4 is 10.2 Å². The highest BCUT2D eigenvalue weighted by Crippen LogP contribution is 2.30. The first-order valence-electron chi connectivity index (χ1n) is 5.82. The highest BCUT2D eigenvalue weighted by Gasteiger charge is 2.24. The Kier molecular flexibility index (Phi) is 4.42. The van der Waals surface area contributed by atoms with E-state index >= 15 is 0 Å². The number of rotatable bonds is 3. The SMILES string of the molecule is CNCC1CCCCN1c1cc(Cl)nnc1Cl. The molecule has 1 saturated heterocycles. The fourth-order valence-electron chi connectivity index (χ4n) is 2.31. The molecule has 17 heavy (non-hydrogen) atoms. The summed E-state index contributed by atoms with van der Waals surface area (Å²) >= 11 is 12.0. The molecule has 1 aromatic heterocycles. The number of hydrogen-bond acceptors (Lipinski definition) is 4. The second-order valence-electron chi connectivity index (χ2n) is 4.24. The zero-order valence-electron chi connectivity index (χ0n) is 9.79. The van der Waals surface area contributed by atoms with Crippen molar-refractivity contribution in [3.63, 3.8) is 0 Å². The first-order chi connectivity index (χ1) is 8.22. The van der Waals surface area contributed by atoms with Gasteiger partial charge in [-0.25, -0.2) is 0 Å². The summed E-state index contributed by atoms with van der Waals surface area (Å²) < 4.78 is 0.